The third-order valence-electron chi connectivity index (χ3n) is 3.87. The van der Waals surface area contributed by atoms with Crippen LogP contribution in [-0.2, 0) is 4.79 Å². The first-order chi connectivity index (χ1) is 8.98. The van der Waals surface area contributed by atoms with Crippen LogP contribution in [0.3, 0.4) is 0 Å². The first kappa shape index (κ1) is 16.7. The number of alkyl halides is 3. The lowest BCUT2D eigenvalue weighted by Gasteiger charge is -2.28. The van der Waals surface area contributed by atoms with Crippen molar-refractivity contribution in [3.05, 3.63) is 0 Å². The molecule has 1 aliphatic carbocycles. The number of hydrogen-bond acceptors (Lipinski definition) is 1. The molecule has 0 spiro atoms. The summed E-state index contributed by atoms with van der Waals surface area (Å²) in [5.41, 5.74) is 0. The summed E-state index contributed by atoms with van der Waals surface area (Å²) < 4.78 is 26.0. The number of rotatable bonds is 7. The molecule has 0 aromatic rings. The Balaban J connectivity index is 2.30. The van der Waals surface area contributed by atoms with E-state index >= 15 is 0 Å². The minimum absolute atomic E-state index is 0.0637. The van der Waals surface area contributed by atoms with Crippen LogP contribution in [0, 0.1) is 11.8 Å². The first-order valence-corrected chi connectivity index (χ1v) is 7.73. The van der Waals surface area contributed by atoms with Gasteiger partial charge >= 0.3 is 0 Å². The van der Waals surface area contributed by atoms with Gasteiger partial charge in [0.1, 0.15) is 0 Å². The zero-order chi connectivity index (χ0) is 14.3. The summed E-state index contributed by atoms with van der Waals surface area (Å²) in [5, 5.41) is 2.91. The summed E-state index contributed by atoms with van der Waals surface area (Å²) in [5.74, 6) is -1.88. The monoisotopic (exact) mass is 295 g/mol. The summed E-state index contributed by atoms with van der Waals surface area (Å²) in [4.78, 5) is 11.9. The highest BCUT2D eigenvalue weighted by atomic mass is 35.5. The van der Waals surface area contributed by atoms with E-state index in [0.717, 1.165) is 19.3 Å². The number of hydrogen-bond donors (Lipinski definition) is 1. The van der Waals surface area contributed by atoms with Gasteiger partial charge in [-0.15, -0.1) is 11.6 Å². The van der Waals surface area contributed by atoms with E-state index in [4.69, 9.17) is 11.6 Å². The van der Waals surface area contributed by atoms with E-state index in [2.05, 4.69) is 12.2 Å². The van der Waals surface area contributed by atoms with Crippen LogP contribution in [0.2, 0.25) is 0 Å². The Hall–Kier alpha value is -0.380. The lowest BCUT2D eigenvalue weighted by atomic mass is 9.86. The predicted molar refractivity (Wildman–Crippen MR) is 73.6 cm³/mol. The molecule has 1 atom stereocenters. The van der Waals surface area contributed by atoms with Gasteiger partial charge in [0.25, 0.3) is 0 Å². The minimum Gasteiger partial charge on any atom is -0.356 e. The Morgan fingerprint density at radius 3 is 2.53 bits per heavy atom. The Kier molecular flexibility index (Phi) is 7.05. The van der Waals surface area contributed by atoms with Crippen LogP contribution >= 0.6 is 11.6 Å². The van der Waals surface area contributed by atoms with Crippen molar-refractivity contribution in [3.63, 3.8) is 0 Å². The second kappa shape index (κ2) is 8.03. The SMILES string of the molecule is CCCC(CCCl)CNC(=O)C1CCC(F)(F)CC1. The number of carbonyl (C=O) groups excluding carboxylic acids is 1. The fourth-order valence-electron chi connectivity index (χ4n) is 2.60. The van der Waals surface area contributed by atoms with Crippen LogP contribution in [0.4, 0.5) is 8.78 Å². The van der Waals surface area contributed by atoms with Gasteiger partial charge in [-0.3, -0.25) is 4.79 Å². The molecule has 0 bridgehead atoms. The highest BCUT2D eigenvalue weighted by molar-refractivity contribution is 6.17. The van der Waals surface area contributed by atoms with Crippen LogP contribution in [0.1, 0.15) is 51.9 Å². The first-order valence-electron chi connectivity index (χ1n) is 7.20. The van der Waals surface area contributed by atoms with E-state index in [1.165, 1.54) is 0 Å². The zero-order valence-electron chi connectivity index (χ0n) is 11.6. The third-order valence-corrected chi connectivity index (χ3v) is 4.09. The van der Waals surface area contributed by atoms with Crippen molar-refractivity contribution in [1.82, 2.24) is 5.32 Å². The fraction of sp³-hybridized carbons (Fsp3) is 0.929. The van der Waals surface area contributed by atoms with Gasteiger partial charge in [-0.25, -0.2) is 8.78 Å². The molecule has 1 rings (SSSR count). The second-order valence-corrected chi connectivity index (χ2v) is 5.89. The molecule has 1 unspecified atom stereocenters. The standard InChI is InChI=1S/C14H24ClF2NO/c1-2-3-11(6-9-15)10-18-13(19)12-4-7-14(16,17)8-5-12/h11-12H,2-10H2,1H3,(H,18,19). The van der Waals surface area contributed by atoms with Gasteiger partial charge in [0.05, 0.1) is 0 Å². The molecule has 2 nitrogen and oxygen atoms in total. The number of nitrogens with one attached hydrogen (secondary N) is 1. The summed E-state index contributed by atoms with van der Waals surface area (Å²) in [6, 6.07) is 0. The molecular formula is C14H24ClF2NO. The van der Waals surface area contributed by atoms with Gasteiger partial charge in [-0.1, -0.05) is 13.3 Å². The van der Waals surface area contributed by atoms with Gasteiger partial charge in [-0.2, -0.15) is 0 Å². The van der Waals surface area contributed by atoms with E-state index in [1.54, 1.807) is 0 Å². The van der Waals surface area contributed by atoms with E-state index in [9.17, 15) is 13.6 Å². The largest absolute Gasteiger partial charge is 0.356 e. The van der Waals surface area contributed by atoms with Crippen LogP contribution < -0.4 is 5.32 Å². The molecular weight excluding hydrogens is 272 g/mol. The highest BCUT2D eigenvalue weighted by Gasteiger charge is 2.37. The van der Waals surface area contributed by atoms with Crippen molar-refractivity contribution in [3.8, 4) is 0 Å². The van der Waals surface area contributed by atoms with Crippen molar-refractivity contribution in [2.24, 2.45) is 11.8 Å². The topological polar surface area (TPSA) is 29.1 Å². The normalized spacial score (nSPS) is 21.1. The summed E-state index contributed by atoms with van der Waals surface area (Å²) in [6.45, 7) is 2.72. The smallest absolute Gasteiger partial charge is 0.248 e. The van der Waals surface area contributed by atoms with Gasteiger partial charge < -0.3 is 5.32 Å². The average Bonchev–Trinajstić information content (AvgIpc) is 2.36. The Morgan fingerprint density at radius 2 is 2.00 bits per heavy atom. The van der Waals surface area contributed by atoms with Crippen molar-refractivity contribution in [2.75, 3.05) is 12.4 Å². The van der Waals surface area contributed by atoms with Gasteiger partial charge in [0, 0.05) is 31.2 Å². The molecule has 0 radical (unpaired) electrons. The maximum Gasteiger partial charge on any atom is 0.248 e. The van der Waals surface area contributed by atoms with Gasteiger partial charge in [0.15, 0.2) is 0 Å². The predicted octanol–water partition coefficient (Wildman–Crippen LogP) is 3.97. The maximum atomic E-state index is 13.0. The lowest BCUT2D eigenvalue weighted by molar-refractivity contribution is -0.129. The molecule has 1 aliphatic rings. The van der Waals surface area contributed by atoms with Gasteiger partial charge in [0.2, 0.25) is 11.8 Å². The second-order valence-electron chi connectivity index (χ2n) is 5.51. The Morgan fingerprint density at radius 1 is 1.37 bits per heavy atom. The number of halogens is 3. The van der Waals surface area contributed by atoms with E-state index in [1.807, 2.05) is 0 Å². The molecule has 112 valence electrons. The summed E-state index contributed by atoms with van der Waals surface area (Å²) in [6.07, 6.45) is 3.26. The number of amides is 1. The van der Waals surface area contributed by atoms with Crippen molar-refractivity contribution in [2.45, 2.75) is 57.8 Å². The molecule has 0 aliphatic heterocycles. The highest BCUT2D eigenvalue weighted by Crippen LogP contribution is 2.36. The molecule has 0 aromatic heterocycles. The third kappa shape index (κ3) is 6.07. The lowest BCUT2D eigenvalue weighted by Crippen LogP contribution is -2.38. The molecule has 1 amide bonds. The summed E-state index contributed by atoms with van der Waals surface area (Å²) in [7, 11) is 0. The van der Waals surface area contributed by atoms with Crippen LogP contribution in [-0.4, -0.2) is 24.3 Å². The van der Waals surface area contributed by atoms with Crippen LogP contribution in [0.25, 0.3) is 0 Å². The molecule has 0 heterocycles. The Bertz CT molecular complexity index is 271. The van der Waals surface area contributed by atoms with Gasteiger partial charge in [-0.05, 0) is 31.6 Å². The fourth-order valence-corrected chi connectivity index (χ4v) is 2.91. The molecule has 19 heavy (non-hydrogen) atoms. The van der Waals surface area contributed by atoms with E-state index in [0.29, 0.717) is 31.2 Å². The van der Waals surface area contributed by atoms with Crippen LogP contribution in [0.5, 0.6) is 0 Å². The van der Waals surface area contributed by atoms with Crippen LogP contribution in [0.15, 0.2) is 0 Å². The average molecular weight is 296 g/mol. The van der Waals surface area contributed by atoms with E-state index < -0.39 is 5.92 Å². The zero-order valence-corrected chi connectivity index (χ0v) is 12.3. The Labute approximate surface area is 119 Å². The van der Waals surface area contributed by atoms with E-state index in [-0.39, 0.29) is 24.7 Å². The summed E-state index contributed by atoms with van der Waals surface area (Å²) >= 11 is 5.73. The minimum atomic E-state index is -2.57. The molecule has 1 fully saturated rings. The quantitative estimate of drug-likeness (QED) is 0.707. The molecule has 0 saturated heterocycles. The van der Waals surface area contributed by atoms with Crippen molar-refractivity contribution < 1.29 is 13.6 Å². The molecule has 1 saturated carbocycles. The molecule has 5 heteroatoms. The van der Waals surface area contributed by atoms with Crippen molar-refractivity contribution in [1.29, 1.82) is 0 Å². The maximum absolute atomic E-state index is 13.0. The van der Waals surface area contributed by atoms with Crippen molar-refractivity contribution >= 4 is 17.5 Å². The molecule has 1 N–H and O–H groups in total. The molecule has 0 aromatic carbocycles. The number of carbonyl (C=O) groups is 1.